The highest BCUT2D eigenvalue weighted by Crippen LogP contribution is 2.29. The lowest BCUT2D eigenvalue weighted by Crippen LogP contribution is -2.48. The third-order valence-electron chi connectivity index (χ3n) is 7.79. The number of nitrogens with zero attached hydrogens (tertiary/aromatic N) is 3. The van der Waals surface area contributed by atoms with Crippen LogP contribution >= 0.6 is 0 Å². The van der Waals surface area contributed by atoms with E-state index in [0.29, 0.717) is 35.2 Å². The van der Waals surface area contributed by atoms with Crippen LogP contribution in [0.4, 0.5) is 21.0 Å². The van der Waals surface area contributed by atoms with Crippen LogP contribution in [0.3, 0.4) is 0 Å². The number of aryl methyl sites for hydroxylation is 2. The Balaban J connectivity index is 1.90. The van der Waals surface area contributed by atoms with Gasteiger partial charge in [-0.1, -0.05) is 12.1 Å². The molecule has 2 aromatic rings. The van der Waals surface area contributed by atoms with Gasteiger partial charge in [-0.2, -0.15) is 0 Å². The Morgan fingerprint density at radius 3 is 2.53 bits per heavy atom. The Bertz CT molecular complexity index is 1280. The number of benzene rings is 1. The van der Waals surface area contributed by atoms with Gasteiger partial charge >= 0.3 is 12.1 Å². The number of aliphatic hydroxyl groups is 1. The van der Waals surface area contributed by atoms with Crippen LogP contribution in [0.2, 0.25) is 0 Å². The molecule has 45 heavy (non-hydrogen) atoms. The van der Waals surface area contributed by atoms with E-state index in [1.165, 1.54) is 0 Å². The molecule has 0 saturated carbocycles. The lowest BCUT2D eigenvalue weighted by Gasteiger charge is -2.35. The molecule has 4 N–H and O–H groups in total. The molecule has 1 aliphatic rings. The van der Waals surface area contributed by atoms with Crippen LogP contribution in [0.15, 0.2) is 22.7 Å². The summed E-state index contributed by atoms with van der Waals surface area (Å²) in [6, 6.07) is 3.70. The van der Waals surface area contributed by atoms with E-state index in [4.69, 9.17) is 14.0 Å². The number of aliphatic hydroxyl groups excluding tert-OH is 1. The molecule has 250 valence electrons. The van der Waals surface area contributed by atoms with Crippen molar-refractivity contribution in [3.05, 3.63) is 35.2 Å². The molecule has 2 heterocycles. The van der Waals surface area contributed by atoms with Gasteiger partial charge in [0.2, 0.25) is 0 Å². The number of ether oxygens (including phenoxy) is 2. The fourth-order valence-electron chi connectivity index (χ4n) is 5.11. The number of hydrogen-bond acceptors (Lipinski definition) is 8. The lowest BCUT2D eigenvalue weighted by atomic mass is 10.0. The van der Waals surface area contributed by atoms with E-state index < -0.39 is 12.1 Å². The van der Waals surface area contributed by atoms with Crippen molar-refractivity contribution in [2.24, 2.45) is 5.92 Å². The van der Waals surface area contributed by atoms with Gasteiger partial charge in [-0.05, 0) is 79.0 Å². The monoisotopic (exact) mass is 630 g/mol. The van der Waals surface area contributed by atoms with Gasteiger partial charge in [0, 0.05) is 44.4 Å². The van der Waals surface area contributed by atoms with E-state index in [1.54, 1.807) is 55.8 Å². The Kier molecular flexibility index (Phi) is 13.0. The number of rotatable bonds is 7. The number of amides is 5. The zero-order valence-corrected chi connectivity index (χ0v) is 27.8. The van der Waals surface area contributed by atoms with Crippen molar-refractivity contribution in [2.45, 2.75) is 92.0 Å². The summed E-state index contributed by atoms with van der Waals surface area (Å²) in [6.45, 7) is 13.6. The second-order valence-corrected chi connectivity index (χ2v) is 12.3. The number of anilines is 2. The first-order valence-electron chi connectivity index (χ1n) is 15.7. The molecule has 0 spiro atoms. The summed E-state index contributed by atoms with van der Waals surface area (Å²) in [7, 11) is 1.69. The van der Waals surface area contributed by atoms with E-state index in [-0.39, 0.29) is 61.3 Å². The van der Waals surface area contributed by atoms with Gasteiger partial charge in [0.15, 0.2) is 5.76 Å². The number of hydrogen-bond donors (Lipinski definition) is 4. The molecule has 0 bridgehead atoms. The Hall–Kier alpha value is -3.84. The van der Waals surface area contributed by atoms with Gasteiger partial charge in [0.25, 0.3) is 5.91 Å². The SMILES string of the molecule is Cc1noc(C)c1NC(=O)N(C)C[C@H]1OCCCC[C@@H](C)Oc2ccc(NC(=O)NC(C)C)cc2C(=O)N([C@H](C)CO)C[C@@H]1C. The molecule has 0 aliphatic carbocycles. The summed E-state index contributed by atoms with van der Waals surface area (Å²) in [6.07, 6.45) is 1.79. The molecule has 5 amide bonds. The summed E-state index contributed by atoms with van der Waals surface area (Å²) in [5, 5.41) is 22.5. The minimum atomic E-state index is -0.528. The van der Waals surface area contributed by atoms with Crippen molar-refractivity contribution in [1.82, 2.24) is 20.3 Å². The van der Waals surface area contributed by atoms with E-state index in [1.807, 2.05) is 27.7 Å². The average Bonchev–Trinajstić information content (AvgIpc) is 3.30. The van der Waals surface area contributed by atoms with Gasteiger partial charge < -0.3 is 44.9 Å². The second kappa shape index (κ2) is 16.5. The maximum atomic E-state index is 14.2. The molecule has 0 fully saturated rings. The first-order valence-corrected chi connectivity index (χ1v) is 15.7. The fourth-order valence-corrected chi connectivity index (χ4v) is 5.11. The minimum absolute atomic E-state index is 0.0633. The molecule has 13 nitrogen and oxygen atoms in total. The van der Waals surface area contributed by atoms with Crippen molar-refractivity contribution in [3.8, 4) is 5.75 Å². The second-order valence-electron chi connectivity index (χ2n) is 12.3. The maximum Gasteiger partial charge on any atom is 0.321 e. The highest BCUT2D eigenvalue weighted by Gasteiger charge is 2.31. The Morgan fingerprint density at radius 1 is 1.16 bits per heavy atom. The molecular formula is C32H50N6O7. The van der Waals surface area contributed by atoms with Crippen LogP contribution in [0.1, 0.15) is 75.7 Å². The number of fused-ring (bicyclic) bond motifs is 1. The van der Waals surface area contributed by atoms with Crippen LogP contribution in [-0.2, 0) is 4.74 Å². The first kappa shape index (κ1) is 35.6. The molecule has 13 heteroatoms. The van der Waals surface area contributed by atoms with Gasteiger partial charge in [-0.3, -0.25) is 4.79 Å². The van der Waals surface area contributed by atoms with Crippen molar-refractivity contribution < 1.29 is 33.5 Å². The van der Waals surface area contributed by atoms with E-state index >= 15 is 0 Å². The summed E-state index contributed by atoms with van der Waals surface area (Å²) in [5.74, 6) is 0.354. The summed E-state index contributed by atoms with van der Waals surface area (Å²) < 4.78 is 17.8. The third kappa shape index (κ3) is 10.1. The van der Waals surface area contributed by atoms with Gasteiger partial charge in [-0.15, -0.1) is 0 Å². The Morgan fingerprint density at radius 2 is 1.89 bits per heavy atom. The van der Waals surface area contributed by atoms with Crippen LogP contribution in [0.25, 0.3) is 0 Å². The van der Waals surface area contributed by atoms with Crippen molar-refractivity contribution in [1.29, 1.82) is 0 Å². The lowest BCUT2D eigenvalue weighted by molar-refractivity contribution is -0.0115. The smallest absolute Gasteiger partial charge is 0.321 e. The zero-order chi connectivity index (χ0) is 33.3. The van der Waals surface area contributed by atoms with Crippen LogP contribution in [0, 0.1) is 19.8 Å². The number of likely N-dealkylation sites (N-methyl/N-ethyl adjacent to an activating group) is 1. The average molecular weight is 631 g/mol. The molecule has 0 unspecified atom stereocenters. The predicted octanol–water partition coefficient (Wildman–Crippen LogP) is 4.78. The predicted molar refractivity (Wildman–Crippen MR) is 172 cm³/mol. The normalized spacial score (nSPS) is 20.4. The third-order valence-corrected chi connectivity index (χ3v) is 7.79. The fraction of sp³-hybridized carbons (Fsp3) is 0.625. The minimum Gasteiger partial charge on any atom is -0.490 e. The standard InChI is InChI=1S/C32H50N6O7/c1-19(2)33-31(41)34-25-12-13-27-26(15-25)30(40)38(21(4)18-39)16-20(3)28(43-14-10-9-11-22(5)44-27)17-37(8)32(42)35-29-23(6)36-45-24(29)7/h12-13,15,19-22,28,39H,9-11,14,16-18H2,1-8H3,(H,35,42)(H2,33,34,41)/t20-,21+,22+,28+/m0/s1. The highest BCUT2D eigenvalue weighted by atomic mass is 16.5. The number of carbonyl (C=O) groups excluding carboxylic acids is 3. The van der Waals surface area contributed by atoms with Crippen molar-refractivity contribution >= 4 is 29.3 Å². The molecule has 1 aromatic carbocycles. The number of nitrogens with one attached hydrogen (secondary N) is 3. The van der Waals surface area contributed by atoms with Crippen LogP contribution in [0.5, 0.6) is 5.75 Å². The number of aromatic nitrogens is 1. The topological polar surface area (TPSA) is 158 Å². The Labute approximate surface area is 266 Å². The number of urea groups is 2. The summed E-state index contributed by atoms with van der Waals surface area (Å²) in [4.78, 5) is 42.9. The van der Waals surface area contributed by atoms with E-state index in [0.717, 1.165) is 19.3 Å². The molecular weight excluding hydrogens is 580 g/mol. The van der Waals surface area contributed by atoms with Crippen LogP contribution in [-0.4, -0.2) is 95.7 Å². The summed E-state index contributed by atoms with van der Waals surface area (Å²) >= 11 is 0. The summed E-state index contributed by atoms with van der Waals surface area (Å²) in [5.41, 5.74) is 1.84. The number of carbonyl (C=O) groups is 3. The maximum absolute atomic E-state index is 14.2. The molecule has 4 atom stereocenters. The van der Waals surface area contributed by atoms with Crippen LogP contribution < -0.4 is 20.7 Å². The van der Waals surface area contributed by atoms with Crippen molar-refractivity contribution in [3.63, 3.8) is 0 Å². The van der Waals surface area contributed by atoms with E-state index in [9.17, 15) is 19.5 Å². The van der Waals surface area contributed by atoms with Crippen molar-refractivity contribution in [2.75, 3.05) is 44.0 Å². The van der Waals surface area contributed by atoms with Gasteiger partial charge in [-0.25, -0.2) is 9.59 Å². The molecule has 3 rings (SSSR count). The zero-order valence-electron chi connectivity index (χ0n) is 27.8. The highest BCUT2D eigenvalue weighted by molar-refractivity contribution is 5.99. The molecule has 1 aliphatic heterocycles. The molecule has 1 aromatic heterocycles. The first-order chi connectivity index (χ1) is 21.3. The molecule has 0 saturated heterocycles. The molecule has 0 radical (unpaired) electrons. The largest absolute Gasteiger partial charge is 0.490 e. The van der Waals surface area contributed by atoms with E-state index in [2.05, 4.69) is 21.1 Å². The quantitative estimate of drug-likeness (QED) is 0.340. The van der Waals surface area contributed by atoms with Gasteiger partial charge in [0.1, 0.15) is 17.1 Å². The van der Waals surface area contributed by atoms with Gasteiger partial charge in [0.05, 0.1) is 30.4 Å².